The van der Waals surface area contributed by atoms with Gasteiger partial charge in [0.25, 0.3) is 0 Å². The Balaban J connectivity index is 0. The first-order valence-corrected chi connectivity index (χ1v) is 8.48. The number of carbonyl (C=O) groups excluding carboxylic acids is 1. The Morgan fingerprint density at radius 3 is 1.54 bits per heavy atom. The fourth-order valence-corrected chi connectivity index (χ4v) is 1.77. The zero-order chi connectivity index (χ0) is 22.4. The number of hydrogen-bond acceptors (Lipinski definition) is 7. The molecule has 0 aliphatic rings. The average molecular weight is 407 g/mol. The summed E-state index contributed by atoms with van der Waals surface area (Å²) in [5.74, 6) is -4.84. The highest BCUT2D eigenvalue weighted by Gasteiger charge is 2.22. The van der Waals surface area contributed by atoms with Gasteiger partial charge in [0.2, 0.25) is 5.91 Å². The third kappa shape index (κ3) is 15.5. The third-order valence-electron chi connectivity index (χ3n) is 3.33. The summed E-state index contributed by atoms with van der Waals surface area (Å²) in [6.07, 6.45) is -0.0191. The molecule has 12 nitrogen and oxygen atoms in total. The molecular formula is C16H29N3O9. The van der Waals surface area contributed by atoms with E-state index in [0.29, 0.717) is 6.42 Å². The summed E-state index contributed by atoms with van der Waals surface area (Å²) in [5, 5.41) is 36.1. The average Bonchev–Trinajstić information content (AvgIpc) is 2.56. The number of nitrogens with one attached hydrogen (secondary N) is 1. The molecular weight excluding hydrogens is 378 g/mol. The van der Waals surface area contributed by atoms with E-state index in [9.17, 15) is 24.0 Å². The van der Waals surface area contributed by atoms with Crippen LogP contribution in [-0.2, 0) is 24.0 Å². The highest BCUT2D eigenvalue weighted by Crippen LogP contribution is 2.06. The second kappa shape index (κ2) is 14.3. The predicted octanol–water partition coefficient (Wildman–Crippen LogP) is -0.943. The van der Waals surface area contributed by atoms with Crippen molar-refractivity contribution in [3.8, 4) is 0 Å². The second-order valence-corrected chi connectivity index (χ2v) is 6.45. The van der Waals surface area contributed by atoms with Crippen molar-refractivity contribution in [3.05, 3.63) is 0 Å². The van der Waals surface area contributed by atoms with Gasteiger partial charge in [0, 0.05) is 12.8 Å². The molecule has 0 aliphatic carbocycles. The Hall–Kier alpha value is -2.73. The normalized spacial score (nSPS) is 13.5. The molecule has 3 unspecified atom stereocenters. The smallest absolute Gasteiger partial charge is 0.326 e. The van der Waals surface area contributed by atoms with Gasteiger partial charge in [0.15, 0.2) is 0 Å². The van der Waals surface area contributed by atoms with Gasteiger partial charge < -0.3 is 37.2 Å². The molecule has 0 rings (SSSR count). The van der Waals surface area contributed by atoms with Crippen LogP contribution in [-0.4, -0.2) is 68.3 Å². The van der Waals surface area contributed by atoms with E-state index in [4.69, 9.17) is 31.9 Å². The summed E-state index contributed by atoms with van der Waals surface area (Å²) in [7, 11) is 0. The molecule has 0 aliphatic heterocycles. The van der Waals surface area contributed by atoms with Gasteiger partial charge in [-0.15, -0.1) is 0 Å². The maximum atomic E-state index is 11.4. The molecule has 0 aromatic heterocycles. The molecule has 0 bridgehead atoms. The van der Waals surface area contributed by atoms with Crippen molar-refractivity contribution in [1.29, 1.82) is 0 Å². The summed E-state index contributed by atoms with van der Waals surface area (Å²) in [5.41, 5.74) is 10.2. The molecule has 0 heterocycles. The Morgan fingerprint density at radius 2 is 1.21 bits per heavy atom. The van der Waals surface area contributed by atoms with E-state index in [0.717, 1.165) is 0 Å². The van der Waals surface area contributed by atoms with Crippen molar-refractivity contribution < 1.29 is 44.4 Å². The van der Waals surface area contributed by atoms with Crippen LogP contribution in [0.5, 0.6) is 0 Å². The number of carboxylic acid groups (broad SMARTS) is 4. The number of carbonyl (C=O) groups is 5. The SMILES string of the molecule is CC(C)CC(NC(=O)CCC(N)C(=O)O)C(=O)O.NC(CCC(=O)O)C(=O)O. The van der Waals surface area contributed by atoms with Crippen LogP contribution in [0.25, 0.3) is 0 Å². The van der Waals surface area contributed by atoms with Crippen LogP contribution >= 0.6 is 0 Å². The number of rotatable bonds is 12. The van der Waals surface area contributed by atoms with Crippen LogP contribution in [0.15, 0.2) is 0 Å². The molecule has 1 amide bonds. The van der Waals surface area contributed by atoms with Crippen LogP contribution in [0.1, 0.15) is 46.0 Å². The highest BCUT2D eigenvalue weighted by molar-refractivity contribution is 5.84. The summed E-state index contributed by atoms with van der Waals surface area (Å²) in [6.45, 7) is 3.70. The maximum absolute atomic E-state index is 11.4. The molecule has 0 spiro atoms. The third-order valence-corrected chi connectivity index (χ3v) is 3.33. The van der Waals surface area contributed by atoms with Crippen molar-refractivity contribution in [3.63, 3.8) is 0 Å². The van der Waals surface area contributed by atoms with Crippen molar-refractivity contribution in [2.45, 2.75) is 64.1 Å². The van der Waals surface area contributed by atoms with E-state index in [1.807, 2.05) is 13.8 Å². The molecule has 0 aromatic carbocycles. The van der Waals surface area contributed by atoms with Crippen LogP contribution in [0.4, 0.5) is 0 Å². The maximum Gasteiger partial charge on any atom is 0.326 e. The number of hydrogen-bond donors (Lipinski definition) is 7. The molecule has 0 radical (unpaired) electrons. The van der Waals surface area contributed by atoms with E-state index >= 15 is 0 Å². The van der Waals surface area contributed by atoms with Crippen LogP contribution in [0.3, 0.4) is 0 Å². The number of amides is 1. The number of carboxylic acids is 4. The lowest BCUT2D eigenvalue weighted by atomic mass is 10.0. The van der Waals surface area contributed by atoms with Gasteiger partial charge >= 0.3 is 23.9 Å². The van der Waals surface area contributed by atoms with Crippen molar-refractivity contribution in [2.75, 3.05) is 0 Å². The van der Waals surface area contributed by atoms with Crippen molar-refractivity contribution in [1.82, 2.24) is 5.32 Å². The molecule has 0 saturated heterocycles. The lowest BCUT2D eigenvalue weighted by Gasteiger charge is -2.16. The van der Waals surface area contributed by atoms with E-state index in [1.54, 1.807) is 0 Å². The first-order chi connectivity index (χ1) is 12.8. The minimum atomic E-state index is -1.18. The fraction of sp³-hybridized carbons (Fsp3) is 0.688. The summed E-state index contributed by atoms with van der Waals surface area (Å²) in [4.78, 5) is 52.6. The van der Waals surface area contributed by atoms with Gasteiger partial charge in [-0.3, -0.25) is 19.2 Å². The standard InChI is InChI=1S/C11H20N2O5.C5H9NO4/c1-6(2)5-8(11(17)18)13-9(14)4-3-7(12)10(15)16;6-3(5(9)10)1-2-4(7)8/h6-8H,3-5,12H2,1-2H3,(H,13,14)(H,15,16)(H,17,18);3H,1-2,6H2,(H,7,8)(H,9,10). The molecule has 0 fully saturated rings. The lowest BCUT2D eigenvalue weighted by Crippen LogP contribution is -2.42. The lowest BCUT2D eigenvalue weighted by molar-refractivity contribution is -0.142. The highest BCUT2D eigenvalue weighted by atomic mass is 16.4. The number of nitrogens with two attached hydrogens (primary N) is 2. The van der Waals surface area contributed by atoms with Crippen LogP contribution in [0, 0.1) is 5.92 Å². The fourth-order valence-electron chi connectivity index (χ4n) is 1.77. The summed E-state index contributed by atoms with van der Waals surface area (Å²) in [6, 6.07) is -3.11. The van der Waals surface area contributed by atoms with Crippen molar-refractivity contribution in [2.24, 2.45) is 17.4 Å². The Labute approximate surface area is 161 Å². The molecule has 162 valence electrons. The minimum Gasteiger partial charge on any atom is -0.481 e. The topological polar surface area (TPSA) is 230 Å². The zero-order valence-electron chi connectivity index (χ0n) is 15.8. The van der Waals surface area contributed by atoms with Gasteiger partial charge in [0.1, 0.15) is 18.1 Å². The molecule has 0 saturated carbocycles. The Bertz CT molecular complexity index is 551. The van der Waals surface area contributed by atoms with Gasteiger partial charge in [-0.2, -0.15) is 0 Å². The Kier molecular flexibility index (Phi) is 14.1. The Morgan fingerprint density at radius 1 is 0.786 bits per heavy atom. The van der Waals surface area contributed by atoms with E-state index in [2.05, 4.69) is 5.32 Å². The largest absolute Gasteiger partial charge is 0.481 e. The van der Waals surface area contributed by atoms with Gasteiger partial charge in [-0.05, 0) is 25.2 Å². The molecule has 12 heteroatoms. The predicted molar refractivity (Wildman–Crippen MR) is 96.3 cm³/mol. The molecule has 28 heavy (non-hydrogen) atoms. The van der Waals surface area contributed by atoms with Crippen LogP contribution < -0.4 is 16.8 Å². The van der Waals surface area contributed by atoms with Gasteiger partial charge in [-0.25, -0.2) is 4.79 Å². The first kappa shape index (κ1) is 27.5. The van der Waals surface area contributed by atoms with E-state index in [1.165, 1.54) is 0 Å². The minimum absolute atomic E-state index is 0.0187. The van der Waals surface area contributed by atoms with Gasteiger partial charge in [-0.1, -0.05) is 13.8 Å². The molecule has 0 aromatic rings. The quantitative estimate of drug-likeness (QED) is 0.208. The number of aliphatic carboxylic acids is 4. The summed E-state index contributed by atoms with van der Waals surface area (Å²) >= 11 is 0. The zero-order valence-corrected chi connectivity index (χ0v) is 15.8. The second-order valence-electron chi connectivity index (χ2n) is 6.45. The van der Waals surface area contributed by atoms with Crippen LogP contribution in [0.2, 0.25) is 0 Å². The van der Waals surface area contributed by atoms with E-state index < -0.39 is 47.9 Å². The van der Waals surface area contributed by atoms with Crippen molar-refractivity contribution >= 4 is 29.8 Å². The molecule has 9 N–H and O–H groups in total. The van der Waals surface area contributed by atoms with E-state index in [-0.39, 0.29) is 31.6 Å². The first-order valence-electron chi connectivity index (χ1n) is 8.48. The summed E-state index contributed by atoms with van der Waals surface area (Å²) < 4.78 is 0. The monoisotopic (exact) mass is 407 g/mol. The van der Waals surface area contributed by atoms with Gasteiger partial charge in [0.05, 0.1) is 0 Å². The molecule has 3 atom stereocenters.